The van der Waals surface area contributed by atoms with Crippen LogP contribution in [0, 0.1) is 6.92 Å². The Hall–Kier alpha value is -1.27. The molecule has 88 valence electrons. The molecule has 2 aromatic rings. The van der Waals surface area contributed by atoms with Gasteiger partial charge in [0.05, 0.1) is 12.8 Å². The molecule has 2 heterocycles. The summed E-state index contributed by atoms with van der Waals surface area (Å²) in [5.41, 5.74) is 1.39. The van der Waals surface area contributed by atoms with Gasteiger partial charge < -0.3 is 4.74 Å². The Morgan fingerprint density at radius 1 is 1.53 bits per heavy atom. The quantitative estimate of drug-likeness (QED) is 0.800. The van der Waals surface area contributed by atoms with E-state index < -0.39 is 0 Å². The largest absolute Gasteiger partial charge is 0.465 e. The van der Waals surface area contributed by atoms with Gasteiger partial charge in [0.1, 0.15) is 15.6 Å². The standard InChI is InChI=1S/C11H9BrN2O2S/c1-6-9(11(15)16-2)17-10(14-6)8-7(12)4-3-5-13-8/h3-5H,1-2H3. The molecular formula is C11H9BrN2O2S. The minimum absolute atomic E-state index is 0.363. The molecule has 0 aromatic carbocycles. The fourth-order valence-electron chi connectivity index (χ4n) is 1.32. The highest BCUT2D eigenvalue weighted by Gasteiger charge is 2.18. The number of pyridine rings is 1. The fraction of sp³-hybridized carbons (Fsp3) is 0.182. The number of aromatic nitrogens is 2. The van der Waals surface area contributed by atoms with Crippen LogP contribution in [0.25, 0.3) is 10.7 Å². The van der Waals surface area contributed by atoms with Gasteiger partial charge in [-0.15, -0.1) is 11.3 Å². The zero-order valence-electron chi connectivity index (χ0n) is 9.23. The first-order valence-corrected chi connectivity index (χ1v) is 6.41. The van der Waals surface area contributed by atoms with Crippen LogP contribution in [-0.2, 0) is 4.74 Å². The van der Waals surface area contributed by atoms with Gasteiger partial charge in [0.2, 0.25) is 0 Å². The topological polar surface area (TPSA) is 52.1 Å². The van der Waals surface area contributed by atoms with Crippen LogP contribution in [0.1, 0.15) is 15.4 Å². The molecule has 0 unspecified atom stereocenters. The number of aryl methyl sites for hydroxylation is 1. The number of thiazole rings is 1. The first kappa shape index (κ1) is 12.2. The van der Waals surface area contributed by atoms with Gasteiger partial charge in [0.25, 0.3) is 0 Å². The minimum atomic E-state index is -0.363. The summed E-state index contributed by atoms with van der Waals surface area (Å²) in [5.74, 6) is -0.363. The van der Waals surface area contributed by atoms with Crippen LogP contribution in [0.15, 0.2) is 22.8 Å². The lowest BCUT2D eigenvalue weighted by molar-refractivity contribution is 0.0605. The third-order valence-corrected chi connectivity index (χ3v) is 3.91. The summed E-state index contributed by atoms with van der Waals surface area (Å²) >= 11 is 4.69. The number of halogens is 1. The molecule has 0 aliphatic heterocycles. The number of nitrogens with zero attached hydrogens (tertiary/aromatic N) is 2. The molecule has 0 saturated heterocycles. The van der Waals surface area contributed by atoms with E-state index in [-0.39, 0.29) is 5.97 Å². The van der Waals surface area contributed by atoms with Gasteiger partial charge in [-0.2, -0.15) is 0 Å². The number of carbonyl (C=O) groups excluding carboxylic acids is 1. The van der Waals surface area contributed by atoms with E-state index in [1.165, 1.54) is 18.4 Å². The molecule has 0 fully saturated rings. The van der Waals surface area contributed by atoms with Crippen molar-refractivity contribution in [2.75, 3.05) is 7.11 Å². The molecule has 0 aliphatic carbocycles. The molecule has 0 amide bonds. The van der Waals surface area contributed by atoms with Gasteiger partial charge in [-0.3, -0.25) is 4.98 Å². The van der Waals surface area contributed by atoms with E-state index in [0.717, 1.165) is 10.2 Å². The van der Waals surface area contributed by atoms with Crippen LogP contribution in [0.2, 0.25) is 0 Å². The Morgan fingerprint density at radius 2 is 2.29 bits per heavy atom. The van der Waals surface area contributed by atoms with E-state index in [9.17, 15) is 4.79 Å². The summed E-state index contributed by atoms with van der Waals surface area (Å²) < 4.78 is 5.55. The Morgan fingerprint density at radius 3 is 2.94 bits per heavy atom. The monoisotopic (exact) mass is 312 g/mol. The lowest BCUT2D eigenvalue weighted by Crippen LogP contribution is -1.99. The number of hydrogen-bond donors (Lipinski definition) is 0. The smallest absolute Gasteiger partial charge is 0.349 e. The van der Waals surface area contributed by atoms with E-state index in [0.29, 0.717) is 15.6 Å². The lowest BCUT2D eigenvalue weighted by atomic mass is 10.3. The first-order valence-electron chi connectivity index (χ1n) is 4.80. The third-order valence-electron chi connectivity index (χ3n) is 2.13. The van der Waals surface area contributed by atoms with E-state index in [2.05, 4.69) is 25.9 Å². The van der Waals surface area contributed by atoms with Gasteiger partial charge in [-0.05, 0) is 35.0 Å². The molecule has 6 heteroatoms. The maximum absolute atomic E-state index is 11.5. The summed E-state index contributed by atoms with van der Waals surface area (Å²) in [5, 5.41) is 0.704. The van der Waals surface area contributed by atoms with Crippen molar-refractivity contribution in [2.24, 2.45) is 0 Å². The molecule has 4 nitrogen and oxygen atoms in total. The van der Waals surface area contributed by atoms with E-state index in [4.69, 9.17) is 4.74 Å². The lowest BCUT2D eigenvalue weighted by Gasteiger charge is -1.97. The number of rotatable bonds is 2. The Bertz CT molecular complexity index is 568. The number of esters is 1. The van der Waals surface area contributed by atoms with Crippen molar-refractivity contribution in [3.8, 4) is 10.7 Å². The summed E-state index contributed by atoms with van der Waals surface area (Å²) in [6, 6.07) is 3.71. The van der Waals surface area contributed by atoms with E-state index in [1.807, 2.05) is 12.1 Å². The van der Waals surface area contributed by atoms with Crippen LogP contribution >= 0.6 is 27.3 Å². The van der Waals surface area contributed by atoms with Crippen LogP contribution in [0.5, 0.6) is 0 Å². The summed E-state index contributed by atoms with van der Waals surface area (Å²) in [7, 11) is 1.36. The molecule has 0 radical (unpaired) electrons. The molecule has 2 rings (SSSR count). The summed E-state index contributed by atoms with van der Waals surface area (Å²) in [6.45, 7) is 1.78. The van der Waals surface area contributed by atoms with Crippen LogP contribution in [0.4, 0.5) is 0 Å². The summed E-state index contributed by atoms with van der Waals surface area (Å²) in [4.78, 5) is 20.6. The minimum Gasteiger partial charge on any atom is -0.465 e. The highest BCUT2D eigenvalue weighted by Crippen LogP contribution is 2.31. The SMILES string of the molecule is COC(=O)c1sc(-c2ncccc2Br)nc1C. The van der Waals surface area contributed by atoms with Gasteiger partial charge in [-0.25, -0.2) is 9.78 Å². The van der Waals surface area contributed by atoms with E-state index >= 15 is 0 Å². The molecule has 0 aliphatic rings. The second-order valence-corrected chi connectivity index (χ2v) is 5.11. The maximum Gasteiger partial charge on any atom is 0.349 e. The third kappa shape index (κ3) is 2.37. The van der Waals surface area contributed by atoms with Crippen molar-refractivity contribution in [2.45, 2.75) is 6.92 Å². The number of ether oxygens (including phenoxy) is 1. The second kappa shape index (κ2) is 4.93. The number of methoxy groups -OCH3 is 1. The molecule has 0 saturated carbocycles. The molecule has 17 heavy (non-hydrogen) atoms. The van der Waals surface area contributed by atoms with Crippen molar-refractivity contribution in [1.29, 1.82) is 0 Å². The zero-order chi connectivity index (χ0) is 12.4. The highest BCUT2D eigenvalue weighted by molar-refractivity contribution is 9.10. The molecule has 2 aromatic heterocycles. The Labute approximate surface area is 111 Å². The normalized spacial score (nSPS) is 10.3. The molecule has 0 spiro atoms. The molecule has 0 atom stereocenters. The predicted octanol–water partition coefficient (Wildman–Crippen LogP) is 3.06. The van der Waals surface area contributed by atoms with E-state index in [1.54, 1.807) is 13.1 Å². The van der Waals surface area contributed by atoms with Crippen molar-refractivity contribution in [3.05, 3.63) is 33.4 Å². The van der Waals surface area contributed by atoms with Gasteiger partial charge >= 0.3 is 5.97 Å². The Kier molecular flexibility index (Phi) is 3.54. The van der Waals surface area contributed by atoms with Crippen LogP contribution in [0.3, 0.4) is 0 Å². The van der Waals surface area contributed by atoms with Crippen molar-refractivity contribution >= 4 is 33.2 Å². The van der Waals surface area contributed by atoms with Crippen LogP contribution in [-0.4, -0.2) is 23.0 Å². The van der Waals surface area contributed by atoms with Crippen molar-refractivity contribution < 1.29 is 9.53 Å². The average Bonchev–Trinajstić information content (AvgIpc) is 2.71. The molecule has 0 N–H and O–H groups in total. The maximum atomic E-state index is 11.5. The highest BCUT2D eigenvalue weighted by atomic mass is 79.9. The molecular weight excluding hydrogens is 304 g/mol. The van der Waals surface area contributed by atoms with Gasteiger partial charge in [0.15, 0.2) is 0 Å². The molecule has 0 bridgehead atoms. The van der Waals surface area contributed by atoms with Gasteiger partial charge in [0, 0.05) is 10.7 Å². The van der Waals surface area contributed by atoms with Crippen molar-refractivity contribution in [1.82, 2.24) is 9.97 Å². The number of hydrogen-bond acceptors (Lipinski definition) is 5. The summed E-state index contributed by atoms with van der Waals surface area (Å²) in [6.07, 6.45) is 1.69. The van der Waals surface area contributed by atoms with Gasteiger partial charge in [-0.1, -0.05) is 0 Å². The fourth-order valence-corrected chi connectivity index (χ4v) is 2.89. The zero-order valence-corrected chi connectivity index (χ0v) is 11.6. The predicted molar refractivity (Wildman–Crippen MR) is 69.1 cm³/mol. The number of carbonyl (C=O) groups is 1. The average molecular weight is 313 g/mol. The first-order chi connectivity index (χ1) is 8.13. The van der Waals surface area contributed by atoms with Crippen molar-refractivity contribution in [3.63, 3.8) is 0 Å². The Balaban J connectivity index is 2.49. The second-order valence-electron chi connectivity index (χ2n) is 3.26. The van der Waals surface area contributed by atoms with Crippen LogP contribution < -0.4 is 0 Å².